The summed E-state index contributed by atoms with van der Waals surface area (Å²) >= 11 is 0. The van der Waals surface area contributed by atoms with Crippen molar-refractivity contribution in [3.05, 3.63) is 34.5 Å². The summed E-state index contributed by atoms with van der Waals surface area (Å²) in [4.78, 5) is 31.1. The van der Waals surface area contributed by atoms with E-state index >= 15 is 0 Å². The molecule has 2 rings (SSSR count). The molecule has 0 aliphatic rings. The SMILES string of the molecule is COC(=O)c1cc2nccnc2c(=O)n1C. The highest BCUT2D eigenvalue weighted by molar-refractivity contribution is 5.91. The first kappa shape index (κ1) is 10.3. The van der Waals surface area contributed by atoms with E-state index in [0.29, 0.717) is 5.52 Å². The van der Waals surface area contributed by atoms with Crippen LogP contribution in [-0.4, -0.2) is 27.6 Å². The van der Waals surface area contributed by atoms with Gasteiger partial charge in [0.05, 0.1) is 12.6 Å². The van der Waals surface area contributed by atoms with Gasteiger partial charge in [0, 0.05) is 19.4 Å². The monoisotopic (exact) mass is 219 g/mol. The molecule has 0 saturated carbocycles. The van der Waals surface area contributed by atoms with Crippen molar-refractivity contribution in [3.8, 4) is 0 Å². The molecule has 0 aliphatic carbocycles. The molecule has 0 amide bonds. The van der Waals surface area contributed by atoms with Crippen molar-refractivity contribution < 1.29 is 9.53 Å². The van der Waals surface area contributed by atoms with E-state index in [2.05, 4.69) is 14.7 Å². The van der Waals surface area contributed by atoms with Gasteiger partial charge in [-0.1, -0.05) is 0 Å². The van der Waals surface area contributed by atoms with Gasteiger partial charge in [0.2, 0.25) is 0 Å². The van der Waals surface area contributed by atoms with Crippen LogP contribution in [0.3, 0.4) is 0 Å². The minimum Gasteiger partial charge on any atom is -0.464 e. The van der Waals surface area contributed by atoms with Gasteiger partial charge in [-0.3, -0.25) is 9.78 Å². The zero-order valence-corrected chi connectivity index (χ0v) is 8.80. The zero-order chi connectivity index (χ0) is 11.7. The highest BCUT2D eigenvalue weighted by Crippen LogP contribution is 2.06. The molecule has 6 heteroatoms. The van der Waals surface area contributed by atoms with Crippen LogP contribution in [0.25, 0.3) is 11.0 Å². The second-order valence-corrected chi connectivity index (χ2v) is 3.18. The standard InChI is InChI=1S/C10H9N3O3/c1-13-7(10(15)16-2)5-6-8(9(13)14)12-4-3-11-6/h3-5H,1-2H3. The van der Waals surface area contributed by atoms with Crippen molar-refractivity contribution in [2.24, 2.45) is 7.05 Å². The molecule has 0 unspecified atom stereocenters. The molecule has 0 saturated heterocycles. The lowest BCUT2D eigenvalue weighted by molar-refractivity contribution is 0.0588. The largest absolute Gasteiger partial charge is 0.464 e. The Morgan fingerprint density at radius 2 is 2.06 bits per heavy atom. The number of aromatic nitrogens is 3. The van der Waals surface area contributed by atoms with Crippen LogP contribution in [0.5, 0.6) is 0 Å². The van der Waals surface area contributed by atoms with E-state index in [1.165, 1.54) is 37.2 Å². The summed E-state index contributed by atoms with van der Waals surface area (Å²) in [6.45, 7) is 0. The maximum Gasteiger partial charge on any atom is 0.354 e. The van der Waals surface area contributed by atoms with E-state index in [4.69, 9.17) is 0 Å². The Balaban J connectivity index is 2.84. The summed E-state index contributed by atoms with van der Waals surface area (Å²) in [5, 5.41) is 0. The second-order valence-electron chi connectivity index (χ2n) is 3.18. The van der Waals surface area contributed by atoms with Crippen LogP contribution in [0.2, 0.25) is 0 Å². The third-order valence-corrected chi connectivity index (χ3v) is 2.26. The predicted octanol–water partition coefficient (Wildman–Crippen LogP) is 0.115. The van der Waals surface area contributed by atoms with E-state index in [1.807, 2.05) is 0 Å². The average molecular weight is 219 g/mol. The quantitative estimate of drug-likeness (QED) is 0.636. The fraction of sp³-hybridized carbons (Fsp3) is 0.200. The van der Waals surface area contributed by atoms with Gasteiger partial charge in [-0.15, -0.1) is 0 Å². The molecule has 2 aromatic heterocycles. The Hall–Kier alpha value is -2.24. The molecular formula is C10H9N3O3. The number of esters is 1. The van der Waals surface area contributed by atoms with Gasteiger partial charge >= 0.3 is 5.97 Å². The predicted molar refractivity (Wildman–Crippen MR) is 56.1 cm³/mol. The van der Waals surface area contributed by atoms with Crippen molar-refractivity contribution in [2.75, 3.05) is 7.11 Å². The number of rotatable bonds is 1. The third-order valence-electron chi connectivity index (χ3n) is 2.26. The maximum atomic E-state index is 11.8. The molecule has 0 fully saturated rings. The molecule has 0 aliphatic heterocycles. The topological polar surface area (TPSA) is 74.1 Å². The first-order chi connectivity index (χ1) is 7.65. The molecular weight excluding hydrogens is 210 g/mol. The number of hydrogen-bond donors (Lipinski definition) is 0. The van der Waals surface area contributed by atoms with Crippen LogP contribution in [0.4, 0.5) is 0 Å². The molecule has 0 spiro atoms. The normalized spacial score (nSPS) is 10.4. The number of hydrogen-bond acceptors (Lipinski definition) is 5. The minimum atomic E-state index is -0.577. The van der Waals surface area contributed by atoms with Gasteiger partial charge in [0.15, 0.2) is 5.52 Å². The number of nitrogens with zero attached hydrogens (tertiary/aromatic N) is 3. The Morgan fingerprint density at radius 1 is 1.38 bits per heavy atom. The molecule has 0 aromatic carbocycles. The molecule has 0 bridgehead atoms. The van der Waals surface area contributed by atoms with Crippen LogP contribution < -0.4 is 5.56 Å². The Kier molecular flexibility index (Phi) is 2.40. The molecule has 2 heterocycles. The molecule has 0 N–H and O–H groups in total. The first-order valence-corrected chi connectivity index (χ1v) is 4.54. The summed E-state index contributed by atoms with van der Waals surface area (Å²) in [5.74, 6) is -0.577. The van der Waals surface area contributed by atoms with Gasteiger partial charge in [-0.2, -0.15) is 0 Å². The van der Waals surface area contributed by atoms with Crippen molar-refractivity contribution in [2.45, 2.75) is 0 Å². The van der Waals surface area contributed by atoms with E-state index in [-0.39, 0.29) is 16.8 Å². The fourth-order valence-corrected chi connectivity index (χ4v) is 1.41. The summed E-state index contributed by atoms with van der Waals surface area (Å²) in [6.07, 6.45) is 2.89. The summed E-state index contributed by atoms with van der Waals surface area (Å²) in [5.41, 5.74) is 0.398. The number of carbonyl (C=O) groups excluding carboxylic acids is 1. The molecule has 0 radical (unpaired) electrons. The smallest absolute Gasteiger partial charge is 0.354 e. The third kappa shape index (κ3) is 1.44. The van der Waals surface area contributed by atoms with Crippen molar-refractivity contribution in [1.82, 2.24) is 14.5 Å². The molecule has 16 heavy (non-hydrogen) atoms. The number of methoxy groups -OCH3 is 1. The Bertz CT molecular complexity index is 618. The van der Waals surface area contributed by atoms with Crippen LogP contribution in [0.1, 0.15) is 10.5 Å². The lowest BCUT2D eigenvalue weighted by Crippen LogP contribution is -2.24. The van der Waals surface area contributed by atoms with Crippen LogP contribution in [-0.2, 0) is 11.8 Å². The number of carbonyl (C=O) groups is 1. The van der Waals surface area contributed by atoms with Gasteiger partial charge in [0.1, 0.15) is 5.69 Å². The van der Waals surface area contributed by atoms with Gasteiger partial charge in [-0.05, 0) is 6.07 Å². The molecule has 6 nitrogen and oxygen atoms in total. The van der Waals surface area contributed by atoms with E-state index in [9.17, 15) is 9.59 Å². The number of ether oxygens (including phenoxy) is 1. The van der Waals surface area contributed by atoms with Crippen LogP contribution in [0, 0.1) is 0 Å². The van der Waals surface area contributed by atoms with E-state index in [1.54, 1.807) is 0 Å². The summed E-state index contributed by atoms with van der Waals surface area (Å²) in [6, 6.07) is 1.48. The minimum absolute atomic E-state index is 0.153. The fourth-order valence-electron chi connectivity index (χ4n) is 1.41. The number of fused-ring (bicyclic) bond motifs is 1. The molecule has 0 atom stereocenters. The van der Waals surface area contributed by atoms with Gasteiger partial charge in [0.25, 0.3) is 5.56 Å². The molecule has 82 valence electrons. The van der Waals surface area contributed by atoms with Gasteiger partial charge < -0.3 is 9.30 Å². The second kappa shape index (κ2) is 3.73. The van der Waals surface area contributed by atoms with Crippen molar-refractivity contribution >= 4 is 17.0 Å². The first-order valence-electron chi connectivity index (χ1n) is 4.54. The molecule has 2 aromatic rings. The lowest BCUT2D eigenvalue weighted by Gasteiger charge is -2.06. The highest BCUT2D eigenvalue weighted by atomic mass is 16.5. The number of pyridine rings is 1. The van der Waals surface area contributed by atoms with E-state index in [0.717, 1.165) is 0 Å². The highest BCUT2D eigenvalue weighted by Gasteiger charge is 2.14. The van der Waals surface area contributed by atoms with E-state index < -0.39 is 5.97 Å². The Labute approximate surface area is 90.5 Å². The Morgan fingerprint density at radius 3 is 2.75 bits per heavy atom. The van der Waals surface area contributed by atoms with Crippen molar-refractivity contribution in [1.29, 1.82) is 0 Å². The van der Waals surface area contributed by atoms with Crippen molar-refractivity contribution in [3.63, 3.8) is 0 Å². The zero-order valence-electron chi connectivity index (χ0n) is 8.80. The lowest BCUT2D eigenvalue weighted by atomic mass is 10.3. The average Bonchev–Trinajstić information content (AvgIpc) is 2.33. The maximum absolute atomic E-state index is 11.8. The van der Waals surface area contributed by atoms with Crippen LogP contribution in [0.15, 0.2) is 23.3 Å². The summed E-state index contributed by atoms with van der Waals surface area (Å²) in [7, 11) is 2.75. The summed E-state index contributed by atoms with van der Waals surface area (Å²) < 4.78 is 5.77. The van der Waals surface area contributed by atoms with Gasteiger partial charge in [-0.25, -0.2) is 9.78 Å². The van der Waals surface area contributed by atoms with Crippen LogP contribution >= 0.6 is 0 Å².